The van der Waals surface area contributed by atoms with Crippen LogP contribution in [-0.2, 0) is 0 Å². The number of aryl methyl sites for hydroxylation is 1. The number of aromatic amines is 1. The van der Waals surface area contributed by atoms with E-state index < -0.39 is 6.17 Å². The van der Waals surface area contributed by atoms with Crippen LogP contribution >= 0.6 is 0 Å². The Morgan fingerprint density at radius 2 is 1.97 bits per heavy atom. The molecule has 2 saturated heterocycles. The molecule has 0 amide bonds. The highest BCUT2D eigenvalue weighted by Gasteiger charge is 2.31. The van der Waals surface area contributed by atoms with Crippen molar-refractivity contribution in [2.24, 2.45) is 0 Å². The van der Waals surface area contributed by atoms with Crippen LogP contribution in [0, 0.1) is 6.92 Å². The first-order valence-corrected chi connectivity index (χ1v) is 11.1. The predicted molar refractivity (Wildman–Crippen MR) is 113 cm³/mol. The first-order valence-electron chi connectivity index (χ1n) is 11.1. The molecule has 2 unspecified atom stereocenters. The number of halogens is 1. The molecule has 0 aromatic carbocycles. The van der Waals surface area contributed by atoms with E-state index in [-0.39, 0.29) is 6.04 Å². The second kappa shape index (κ2) is 8.03. The molecule has 1 aliphatic carbocycles. The van der Waals surface area contributed by atoms with Gasteiger partial charge in [-0.25, -0.2) is 14.4 Å². The Morgan fingerprint density at radius 3 is 2.79 bits per heavy atom. The molecular weight excluding hydrogens is 367 g/mol. The number of hydrogen-bond acceptors (Lipinski definition) is 5. The zero-order valence-electron chi connectivity index (χ0n) is 17.2. The van der Waals surface area contributed by atoms with Crippen LogP contribution in [0.3, 0.4) is 0 Å². The molecule has 5 rings (SSSR count). The highest BCUT2D eigenvalue weighted by atomic mass is 19.1. The number of anilines is 1. The summed E-state index contributed by atoms with van der Waals surface area (Å²) in [4.78, 5) is 17.9. The lowest BCUT2D eigenvalue weighted by Gasteiger charge is -2.36. The standard InChI is InChI=1S/C22H31FN6/c1-15-21(16-6-7-16)27-22(25-15)18-4-2-5-20(26-18)29-11-3-10-28(12-13-29)19-8-9-24-14-17(19)23/h2,4-5,16-17,19,24H,3,6-14H2,1H3,(H,25,27). The molecule has 3 fully saturated rings. The van der Waals surface area contributed by atoms with Gasteiger partial charge in [0.15, 0.2) is 5.82 Å². The molecule has 29 heavy (non-hydrogen) atoms. The van der Waals surface area contributed by atoms with Crippen LogP contribution in [0.15, 0.2) is 18.2 Å². The van der Waals surface area contributed by atoms with Crippen LogP contribution in [0.1, 0.15) is 43.0 Å². The summed E-state index contributed by atoms with van der Waals surface area (Å²) in [6, 6.07) is 6.24. The van der Waals surface area contributed by atoms with Gasteiger partial charge in [-0.05, 0) is 51.3 Å². The van der Waals surface area contributed by atoms with Crippen LogP contribution < -0.4 is 10.2 Å². The van der Waals surface area contributed by atoms with E-state index in [4.69, 9.17) is 9.97 Å². The van der Waals surface area contributed by atoms with Crippen molar-refractivity contribution in [3.05, 3.63) is 29.6 Å². The van der Waals surface area contributed by atoms with Gasteiger partial charge in [0.25, 0.3) is 0 Å². The fraction of sp³-hybridized carbons (Fsp3) is 0.636. The van der Waals surface area contributed by atoms with Crippen molar-refractivity contribution >= 4 is 5.82 Å². The normalized spacial score (nSPS) is 26.5. The summed E-state index contributed by atoms with van der Waals surface area (Å²) in [5, 5.41) is 3.16. The van der Waals surface area contributed by atoms with Gasteiger partial charge in [-0.1, -0.05) is 6.07 Å². The topological polar surface area (TPSA) is 60.1 Å². The van der Waals surface area contributed by atoms with Crippen molar-refractivity contribution in [1.29, 1.82) is 0 Å². The molecule has 2 aliphatic heterocycles. The minimum Gasteiger partial charge on any atom is -0.355 e. The summed E-state index contributed by atoms with van der Waals surface area (Å²) in [6.07, 6.45) is 3.67. The maximum atomic E-state index is 14.4. The van der Waals surface area contributed by atoms with Gasteiger partial charge in [-0.2, -0.15) is 0 Å². The molecule has 0 spiro atoms. The first kappa shape index (κ1) is 19.0. The summed E-state index contributed by atoms with van der Waals surface area (Å²) >= 11 is 0. The van der Waals surface area contributed by atoms with Crippen LogP contribution in [0.5, 0.6) is 0 Å². The van der Waals surface area contributed by atoms with Gasteiger partial charge < -0.3 is 15.2 Å². The number of piperidine rings is 1. The molecule has 0 bridgehead atoms. The summed E-state index contributed by atoms with van der Waals surface area (Å²) in [5.74, 6) is 2.50. The lowest BCUT2D eigenvalue weighted by atomic mass is 10.0. The van der Waals surface area contributed by atoms with Crippen molar-refractivity contribution in [3.8, 4) is 11.5 Å². The van der Waals surface area contributed by atoms with E-state index >= 15 is 0 Å². The Labute approximate surface area is 171 Å². The molecule has 2 atom stereocenters. The third-order valence-corrected chi connectivity index (χ3v) is 6.56. The number of alkyl halides is 1. The molecule has 2 N–H and O–H groups in total. The second-order valence-electron chi connectivity index (χ2n) is 8.70. The van der Waals surface area contributed by atoms with E-state index in [1.807, 2.05) is 6.07 Å². The van der Waals surface area contributed by atoms with Gasteiger partial charge >= 0.3 is 0 Å². The zero-order chi connectivity index (χ0) is 19.8. The van der Waals surface area contributed by atoms with E-state index in [0.29, 0.717) is 12.5 Å². The van der Waals surface area contributed by atoms with E-state index in [1.165, 1.54) is 24.2 Å². The number of pyridine rings is 1. The molecule has 2 aromatic rings. The molecule has 7 heteroatoms. The number of hydrogen-bond donors (Lipinski definition) is 2. The minimum atomic E-state index is -0.764. The number of aromatic nitrogens is 3. The van der Waals surface area contributed by atoms with E-state index in [1.54, 1.807) is 0 Å². The lowest BCUT2D eigenvalue weighted by molar-refractivity contribution is 0.0900. The Morgan fingerprint density at radius 1 is 1.07 bits per heavy atom. The van der Waals surface area contributed by atoms with E-state index in [0.717, 1.165) is 62.9 Å². The van der Waals surface area contributed by atoms with Crippen LogP contribution in [0.25, 0.3) is 11.5 Å². The summed E-state index contributed by atoms with van der Waals surface area (Å²) < 4.78 is 14.4. The third kappa shape index (κ3) is 4.03. The van der Waals surface area contributed by atoms with Gasteiger partial charge in [0.2, 0.25) is 0 Å². The molecule has 3 aliphatic rings. The Kier molecular flexibility index (Phi) is 5.26. The van der Waals surface area contributed by atoms with E-state index in [9.17, 15) is 4.39 Å². The lowest BCUT2D eigenvalue weighted by Crippen LogP contribution is -2.52. The number of nitrogens with one attached hydrogen (secondary N) is 2. The average Bonchev–Trinajstić information content (AvgIpc) is 3.54. The number of H-pyrrole nitrogens is 1. The van der Waals surface area contributed by atoms with Gasteiger partial charge in [-0.3, -0.25) is 4.90 Å². The number of rotatable bonds is 4. The molecule has 0 radical (unpaired) electrons. The van der Waals surface area contributed by atoms with Crippen molar-refractivity contribution in [3.63, 3.8) is 0 Å². The molecular formula is C22H31FN6. The summed E-state index contributed by atoms with van der Waals surface area (Å²) in [7, 11) is 0. The summed E-state index contributed by atoms with van der Waals surface area (Å²) in [5.41, 5.74) is 3.28. The summed E-state index contributed by atoms with van der Waals surface area (Å²) in [6.45, 7) is 7.21. The van der Waals surface area contributed by atoms with Crippen LogP contribution in [0.4, 0.5) is 10.2 Å². The largest absolute Gasteiger partial charge is 0.355 e. The molecule has 2 aromatic heterocycles. The van der Waals surface area contributed by atoms with E-state index in [2.05, 4.69) is 39.2 Å². The SMILES string of the molecule is Cc1[nH]c(-c2cccc(N3CCCN(C4CCNCC4F)CC3)n2)nc1C1CC1. The maximum Gasteiger partial charge on any atom is 0.156 e. The highest BCUT2D eigenvalue weighted by molar-refractivity contribution is 5.55. The van der Waals surface area contributed by atoms with Crippen LogP contribution in [0.2, 0.25) is 0 Å². The maximum absolute atomic E-state index is 14.4. The quantitative estimate of drug-likeness (QED) is 0.829. The van der Waals surface area contributed by atoms with Crippen molar-refractivity contribution in [2.75, 3.05) is 44.2 Å². The number of imidazole rings is 1. The smallest absolute Gasteiger partial charge is 0.156 e. The Bertz CT molecular complexity index is 848. The highest BCUT2D eigenvalue weighted by Crippen LogP contribution is 2.41. The van der Waals surface area contributed by atoms with Gasteiger partial charge in [0, 0.05) is 50.4 Å². The van der Waals surface area contributed by atoms with Crippen molar-refractivity contribution < 1.29 is 4.39 Å². The van der Waals surface area contributed by atoms with Gasteiger partial charge in [0.1, 0.15) is 17.7 Å². The monoisotopic (exact) mass is 398 g/mol. The fourth-order valence-corrected chi connectivity index (χ4v) is 4.80. The minimum absolute atomic E-state index is 0.0578. The van der Waals surface area contributed by atoms with Crippen molar-refractivity contribution in [1.82, 2.24) is 25.2 Å². The Balaban J connectivity index is 1.30. The first-order chi connectivity index (χ1) is 14.2. The fourth-order valence-electron chi connectivity index (χ4n) is 4.80. The van der Waals surface area contributed by atoms with Gasteiger partial charge in [0.05, 0.1) is 5.69 Å². The Hall–Kier alpha value is -1.99. The molecule has 6 nitrogen and oxygen atoms in total. The van der Waals surface area contributed by atoms with Gasteiger partial charge in [-0.15, -0.1) is 0 Å². The molecule has 4 heterocycles. The second-order valence-corrected chi connectivity index (χ2v) is 8.70. The van der Waals surface area contributed by atoms with Crippen molar-refractivity contribution in [2.45, 2.75) is 50.7 Å². The van der Waals surface area contributed by atoms with Crippen LogP contribution in [-0.4, -0.2) is 71.3 Å². The third-order valence-electron chi connectivity index (χ3n) is 6.56. The number of nitrogens with zero attached hydrogens (tertiary/aromatic N) is 4. The molecule has 1 saturated carbocycles. The average molecular weight is 399 g/mol. The molecule has 156 valence electrons. The predicted octanol–water partition coefficient (Wildman–Crippen LogP) is 2.87. The zero-order valence-corrected chi connectivity index (χ0v) is 17.2.